The highest BCUT2D eigenvalue weighted by molar-refractivity contribution is 6.30. The van der Waals surface area contributed by atoms with Crippen LogP contribution in [-0.4, -0.2) is 44.3 Å². The van der Waals surface area contributed by atoms with Crippen molar-refractivity contribution in [2.75, 3.05) is 31.1 Å². The van der Waals surface area contributed by atoms with E-state index in [1.165, 1.54) is 0 Å². The first kappa shape index (κ1) is 22.2. The third-order valence-electron chi connectivity index (χ3n) is 4.05. The molecule has 0 aromatic heterocycles. The minimum atomic E-state index is -0.430. The molecule has 0 atom stereocenters. The Morgan fingerprint density at radius 3 is 2.31 bits per heavy atom. The van der Waals surface area contributed by atoms with E-state index in [0.717, 1.165) is 24.3 Å². The molecule has 2 amide bonds. The zero-order chi connectivity index (χ0) is 21.1. The second kappa shape index (κ2) is 11.7. The maximum absolute atomic E-state index is 11.8. The van der Waals surface area contributed by atoms with Crippen LogP contribution in [0, 0.1) is 0 Å². The van der Waals surface area contributed by atoms with Crippen LogP contribution < -0.4 is 20.4 Å². The fourth-order valence-electron chi connectivity index (χ4n) is 2.49. The highest BCUT2D eigenvalue weighted by Crippen LogP contribution is 2.15. The van der Waals surface area contributed by atoms with Gasteiger partial charge in [-0.2, -0.15) is 5.10 Å². The molecule has 2 aromatic carbocycles. The molecule has 2 rings (SSSR count). The third kappa shape index (κ3) is 7.83. The number of carbonyl (C=O) groups excluding carboxylic acids is 2. The average Bonchev–Trinajstić information content (AvgIpc) is 2.74. The molecule has 0 radical (unpaired) electrons. The molecule has 0 heterocycles. The van der Waals surface area contributed by atoms with Crippen molar-refractivity contribution in [3.63, 3.8) is 0 Å². The predicted molar refractivity (Wildman–Crippen MR) is 116 cm³/mol. The number of hydrogen-bond acceptors (Lipinski definition) is 5. The standard InChI is InChI=1S/C21H25ClN4O3/c1-3-26(4-2)18-9-5-16(6-10-18)13-24-25-20(27)14-23-21(28)15-29-19-11-7-17(22)8-12-19/h5-13H,3-4,14-15H2,1-2H3,(H,23,28)(H,25,27)/b24-13+. The zero-order valence-electron chi connectivity index (χ0n) is 16.5. The maximum Gasteiger partial charge on any atom is 0.259 e. The molecule has 0 spiro atoms. The minimum Gasteiger partial charge on any atom is -0.484 e. The predicted octanol–water partition coefficient (Wildman–Crippen LogP) is 2.83. The Kier molecular flexibility index (Phi) is 8.98. The summed E-state index contributed by atoms with van der Waals surface area (Å²) >= 11 is 5.78. The highest BCUT2D eigenvalue weighted by atomic mass is 35.5. The summed E-state index contributed by atoms with van der Waals surface area (Å²) in [7, 11) is 0. The van der Waals surface area contributed by atoms with Gasteiger partial charge in [-0.3, -0.25) is 9.59 Å². The van der Waals surface area contributed by atoms with E-state index >= 15 is 0 Å². The molecule has 2 aromatic rings. The maximum atomic E-state index is 11.8. The fraction of sp³-hybridized carbons (Fsp3) is 0.286. The lowest BCUT2D eigenvalue weighted by Crippen LogP contribution is -2.37. The lowest BCUT2D eigenvalue weighted by atomic mass is 10.2. The van der Waals surface area contributed by atoms with Gasteiger partial charge in [-0.25, -0.2) is 5.43 Å². The number of carbonyl (C=O) groups is 2. The van der Waals surface area contributed by atoms with Crippen molar-refractivity contribution < 1.29 is 14.3 Å². The smallest absolute Gasteiger partial charge is 0.259 e. The summed E-state index contributed by atoms with van der Waals surface area (Å²) in [5, 5.41) is 6.95. The highest BCUT2D eigenvalue weighted by Gasteiger charge is 2.06. The summed E-state index contributed by atoms with van der Waals surface area (Å²) < 4.78 is 5.30. The summed E-state index contributed by atoms with van der Waals surface area (Å²) in [6, 6.07) is 14.5. The summed E-state index contributed by atoms with van der Waals surface area (Å²) in [6.45, 7) is 5.71. The van der Waals surface area contributed by atoms with Crippen LogP contribution in [0.3, 0.4) is 0 Å². The average molecular weight is 417 g/mol. The summed E-state index contributed by atoms with van der Waals surface area (Å²) in [6.07, 6.45) is 1.55. The Labute approximate surface area is 175 Å². The van der Waals surface area contributed by atoms with Gasteiger partial charge in [0.2, 0.25) is 0 Å². The quantitative estimate of drug-likeness (QED) is 0.461. The van der Waals surface area contributed by atoms with E-state index in [0.29, 0.717) is 10.8 Å². The minimum absolute atomic E-state index is 0.193. The normalized spacial score (nSPS) is 10.6. The first-order chi connectivity index (χ1) is 14.0. The largest absolute Gasteiger partial charge is 0.484 e. The summed E-state index contributed by atoms with van der Waals surface area (Å²) in [5.74, 6) is -0.322. The van der Waals surface area contributed by atoms with Crippen molar-refractivity contribution in [1.29, 1.82) is 0 Å². The lowest BCUT2D eigenvalue weighted by Gasteiger charge is -2.20. The molecule has 8 heteroatoms. The molecule has 0 fully saturated rings. The molecule has 0 bridgehead atoms. The molecule has 7 nitrogen and oxygen atoms in total. The van der Waals surface area contributed by atoms with E-state index in [1.54, 1.807) is 30.5 Å². The summed E-state index contributed by atoms with van der Waals surface area (Å²) in [5.41, 5.74) is 4.38. The van der Waals surface area contributed by atoms with E-state index in [-0.39, 0.29) is 13.2 Å². The Morgan fingerprint density at radius 1 is 1.03 bits per heavy atom. The van der Waals surface area contributed by atoms with E-state index in [9.17, 15) is 9.59 Å². The van der Waals surface area contributed by atoms with E-state index in [1.807, 2.05) is 24.3 Å². The van der Waals surface area contributed by atoms with Gasteiger partial charge in [-0.1, -0.05) is 23.7 Å². The van der Waals surface area contributed by atoms with Crippen molar-refractivity contribution in [3.05, 3.63) is 59.1 Å². The molecule has 29 heavy (non-hydrogen) atoms. The van der Waals surface area contributed by atoms with Gasteiger partial charge < -0.3 is 15.0 Å². The molecule has 2 N–H and O–H groups in total. The van der Waals surface area contributed by atoms with Crippen LogP contribution in [0.15, 0.2) is 53.6 Å². The lowest BCUT2D eigenvalue weighted by molar-refractivity contribution is -0.127. The van der Waals surface area contributed by atoms with Crippen molar-refractivity contribution in [1.82, 2.24) is 10.7 Å². The second-order valence-electron chi connectivity index (χ2n) is 6.08. The van der Waals surface area contributed by atoms with Crippen LogP contribution in [0.2, 0.25) is 5.02 Å². The molecular formula is C21H25ClN4O3. The number of hydrogen-bond donors (Lipinski definition) is 2. The van der Waals surface area contributed by atoms with Gasteiger partial charge in [0.05, 0.1) is 12.8 Å². The van der Waals surface area contributed by atoms with Gasteiger partial charge in [0, 0.05) is 23.8 Å². The number of nitrogens with zero attached hydrogens (tertiary/aromatic N) is 2. The Bertz CT molecular complexity index is 819. The van der Waals surface area contributed by atoms with Gasteiger partial charge in [-0.05, 0) is 55.8 Å². The second-order valence-corrected chi connectivity index (χ2v) is 6.51. The fourth-order valence-corrected chi connectivity index (χ4v) is 2.61. The molecule has 0 aliphatic carbocycles. The molecule has 0 unspecified atom stereocenters. The number of nitrogens with one attached hydrogen (secondary N) is 2. The number of benzene rings is 2. The molecule has 154 valence electrons. The Balaban J connectivity index is 1.69. The number of anilines is 1. The number of ether oxygens (including phenoxy) is 1. The number of amides is 2. The van der Waals surface area contributed by atoms with Crippen molar-refractivity contribution in [3.8, 4) is 5.75 Å². The number of hydrazone groups is 1. The van der Waals surface area contributed by atoms with Gasteiger partial charge in [-0.15, -0.1) is 0 Å². The SMILES string of the molecule is CCN(CC)c1ccc(/C=N/NC(=O)CNC(=O)COc2ccc(Cl)cc2)cc1. The molecular weight excluding hydrogens is 392 g/mol. The van der Waals surface area contributed by atoms with Crippen molar-refractivity contribution >= 4 is 35.3 Å². The van der Waals surface area contributed by atoms with Crippen molar-refractivity contribution in [2.45, 2.75) is 13.8 Å². The molecule has 0 aliphatic heterocycles. The van der Waals surface area contributed by atoms with Crippen LogP contribution in [0.4, 0.5) is 5.69 Å². The molecule has 0 aliphatic rings. The van der Waals surface area contributed by atoms with Crippen LogP contribution >= 0.6 is 11.6 Å². The first-order valence-corrected chi connectivity index (χ1v) is 9.71. The van der Waals surface area contributed by atoms with Gasteiger partial charge in [0.15, 0.2) is 6.61 Å². The number of rotatable bonds is 10. The topological polar surface area (TPSA) is 83.0 Å². The molecule has 0 saturated carbocycles. The monoisotopic (exact) mass is 416 g/mol. The van der Waals surface area contributed by atoms with Crippen molar-refractivity contribution in [2.24, 2.45) is 5.10 Å². The Morgan fingerprint density at radius 2 is 1.69 bits per heavy atom. The number of halogens is 1. The first-order valence-electron chi connectivity index (χ1n) is 9.33. The Hall–Kier alpha value is -3.06. The van der Waals surface area contributed by atoms with E-state index in [2.05, 4.69) is 34.6 Å². The zero-order valence-corrected chi connectivity index (χ0v) is 17.3. The molecule has 0 saturated heterocycles. The van der Waals surface area contributed by atoms with Gasteiger partial charge >= 0.3 is 0 Å². The van der Waals surface area contributed by atoms with Gasteiger partial charge in [0.25, 0.3) is 11.8 Å². The van der Waals surface area contributed by atoms with E-state index in [4.69, 9.17) is 16.3 Å². The van der Waals surface area contributed by atoms with Crippen LogP contribution in [0.5, 0.6) is 5.75 Å². The van der Waals surface area contributed by atoms with Crippen LogP contribution in [-0.2, 0) is 9.59 Å². The van der Waals surface area contributed by atoms with Gasteiger partial charge in [0.1, 0.15) is 5.75 Å². The van der Waals surface area contributed by atoms with E-state index < -0.39 is 11.8 Å². The summed E-state index contributed by atoms with van der Waals surface area (Å²) in [4.78, 5) is 25.7. The third-order valence-corrected chi connectivity index (χ3v) is 4.31. The van der Waals surface area contributed by atoms with Crippen LogP contribution in [0.25, 0.3) is 0 Å². The van der Waals surface area contributed by atoms with Crippen LogP contribution in [0.1, 0.15) is 19.4 Å².